The predicted molar refractivity (Wildman–Crippen MR) is 58.6 cm³/mol. The Labute approximate surface area is 98.2 Å². The summed E-state index contributed by atoms with van der Waals surface area (Å²) in [5, 5.41) is 9.31. The first-order chi connectivity index (χ1) is 8.13. The summed E-state index contributed by atoms with van der Waals surface area (Å²) in [5.41, 5.74) is 5.20. The number of nitrogens with two attached hydrogens (primary N) is 1. The van der Waals surface area contributed by atoms with Crippen LogP contribution in [0.25, 0.3) is 0 Å². The fraction of sp³-hybridized carbons (Fsp3) is 0.500. The van der Waals surface area contributed by atoms with E-state index in [0.717, 1.165) is 0 Å². The molecule has 1 heterocycles. The Bertz CT molecular complexity index is 402. The van der Waals surface area contributed by atoms with Gasteiger partial charge in [0, 0.05) is 11.5 Å². The molecule has 2 rings (SSSR count). The van der Waals surface area contributed by atoms with E-state index in [1.165, 1.54) is 6.07 Å². The monoisotopic (exact) mass is 243 g/mol. The molecular formula is C12H15F2NO2. The molecule has 5 heteroatoms. The van der Waals surface area contributed by atoms with Gasteiger partial charge >= 0.3 is 0 Å². The minimum absolute atomic E-state index is 0.00769. The van der Waals surface area contributed by atoms with E-state index in [0.29, 0.717) is 0 Å². The summed E-state index contributed by atoms with van der Waals surface area (Å²) >= 11 is 0. The molecule has 0 saturated carbocycles. The fourth-order valence-electron chi connectivity index (χ4n) is 2.35. The average molecular weight is 243 g/mol. The molecule has 1 aliphatic heterocycles. The van der Waals surface area contributed by atoms with Crippen LogP contribution < -0.4 is 5.73 Å². The number of ether oxygens (including phenoxy) is 1. The number of aliphatic hydroxyl groups is 1. The van der Waals surface area contributed by atoms with E-state index in [4.69, 9.17) is 10.5 Å². The van der Waals surface area contributed by atoms with Crippen LogP contribution >= 0.6 is 0 Å². The molecule has 1 saturated heterocycles. The number of halogens is 2. The Morgan fingerprint density at radius 3 is 2.76 bits per heavy atom. The highest BCUT2D eigenvalue weighted by Gasteiger charge is 2.49. The van der Waals surface area contributed by atoms with Gasteiger partial charge in [-0.25, -0.2) is 8.78 Å². The molecular weight excluding hydrogens is 228 g/mol. The molecule has 1 fully saturated rings. The quantitative estimate of drug-likeness (QED) is 0.831. The molecule has 1 aromatic rings. The van der Waals surface area contributed by atoms with E-state index in [1.807, 2.05) is 0 Å². The van der Waals surface area contributed by atoms with Gasteiger partial charge in [0.1, 0.15) is 12.5 Å². The van der Waals surface area contributed by atoms with Crippen molar-refractivity contribution in [3.05, 3.63) is 35.6 Å². The standard InChI is InChI=1S/C12H15F2NO2/c13-5-11-9(6-16)12(15,7-17-11)8-3-1-2-4-10(8)14/h1-4,9,11,16H,5-7,15H2. The zero-order valence-corrected chi connectivity index (χ0v) is 9.27. The van der Waals surface area contributed by atoms with Crippen molar-refractivity contribution in [3.8, 4) is 0 Å². The normalized spacial score (nSPS) is 32.9. The third kappa shape index (κ3) is 1.94. The topological polar surface area (TPSA) is 55.5 Å². The van der Waals surface area contributed by atoms with Crippen LogP contribution in [0.15, 0.2) is 24.3 Å². The number of aliphatic hydroxyl groups excluding tert-OH is 1. The van der Waals surface area contributed by atoms with Crippen molar-refractivity contribution in [2.75, 3.05) is 19.9 Å². The van der Waals surface area contributed by atoms with E-state index in [-0.39, 0.29) is 18.8 Å². The zero-order valence-electron chi connectivity index (χ0n) is 9.27. The van der Waals surface area contributed by atoms with Crippen molar-refractivity contribution < 1.29 is 18.6 Å². The molecule has 3 unspecified atom stereocenters. The summed E-state index contributed by atoms with van der Waals surface area (Å²) in [6.07, 6.45) is -0.774. The second-order valence-electron chi connectivity index (χ2n) is 4.31. The van der Waals surface area contributed by atoms with Gasteiger partial charge < -0.3 is 15.6 Å². The Kier molecular flexibility index (Phi) is 3.42. The van der Waals surface area contributed by atoms with E-state index in [1.54, 1.807) is 18.2 Å². The highest BCUT2D eigenvalue weighted by molar-refractivity contribution is 5.29. The van der Waals surface area contributed by atoms with E-state index in [2.05, 4.69) is 0 Å². The first-order valence-electron chi connectivity index (χ1n) is 5.45. The molecule has 3 atom stereocenters. The maximum atomic E-state index is 13.7. The number of rotatable bonds is 3. The van der Waals surface area contributed by atoms with Crippen LogP contribution in [0.2, 0.25) is 0 Å². The van der Waals surface area contributed by atoms with E-state index < -0.39 is 30.1 Å². The van der Waals surface area contributed by atoms with Crippen molar-refractivity contribution in [1.82, 2.24) is 0 Å². The summed E-state index contributed by atoms with van der Waals surface area (Å²) in [7, 11) is 0. The number of alkyl halides is 1. The van der Waals surface area contributed by atoms with Gasteiger partial charge in [0.15, 0.2) is 0 Å². The first-order valence-corrected chi connectivity index (χ1v) is 5.45. The summed E-state index contributed by atoms with van der Waals surface area (Å²) in [6, 6.07) is 6.05. The lowest BCUT2D eigenvalue weighted by Crippen LogP contribution is -2.47. The maximum absolute atomic E-state index is 13.7. The molecule has 0 spiro atoms. The molecule has 0 aromatic heterocycles. The van der Waals surface area contributed by atoms with Crippen LogP contribution in [0.1, 0.15) is 5.56 Å². The molecule has 0 radical (unpaired) electrons. The Balaban J connectivity index is 2.39. The highest BCUT2D eigenvalue weighted by atomic mass is 19.1. The van der Waals surface area contributed by atoms with Gasteiger partial charge in [-0.1, -0.05) is 18.2 Å². The van der Waals surface area contributed by atoms with Crippen LogP contribution in [0.4, 0.5) is 8.78 Å². The molecule has 0 amide bonds. The molecule has 3 nitrogen and oxygen atoms in total. The number of benzene rings is 1. The van der Waals surface area contributed by atoms with Crippen LogP contribution in [-0.2, 0) is 10.3 Å². The molecule has 3 N–H and O–H groups in total. The second kappa shape index (κ2) is 4.68. The van der Waals surface area contributed by atoms with Crippen molar-refractivity contribution in [3.63, 3.8) is 0 Å². The largest absolute Gasteiger partial charge is 0.396 e. The van der Waals surface area contributed by atoms with E-state index in [9.17, 15) is 13.9 Å². The van der Waals surface area contributed by atoms with Gasteiger partial charge in [-0.05, 0) is 6.07 Å². The third-order valence-corrected chi connectivity index (χ3v) is 3.37. The molecule has 0 aliphatic carbocycles. The summed E-state index contributed by atoms with van der Waals surface area (Å²) in [6.45, 7) is -1.06. The SMILES string of the molecule is NC1(c2ccccc2F)COC(CF)C1CO. The van der Waals surface area contributed by atoms with Crippen LogP contribution in [0.5, 0.6) is 0 Å². The second-order valence-corrected chi connectivity index (χ2v) is 4.31. The summed E-state index contributed by atoms with van der Waals surface area (Å²) in [4.78, 5) is 0. The molecule has 1 aromatic carbocycles. The van der Waals surface area contributed by atoms with Crippen molar-refractivity contribution >= 4 is 0 Å². The minimum atomic E-state index is -1.17. The van der Waals surface area contributed by atoms with Gasteiger partial charge in [0.2, 0.25) is 0 Å². The molecule has 0 bridgehead atoms. The van der Waals surface area contributed by atoms with Crippen LogP contribution in [0, 0.1) is 11.7 Å². The van der Waals surface area contributed by atoms with Gasteiger partial charge in [-0.3, -0.25) is 0 Å². The summed E-state index contributed by atoms with van der Waals surface area (Å²) in [5.74, 6) is -1.10. The Morgan fingerprint density at radius 2 is 2.18 bits per heavy atom. The Morgan fingerprint density at radius 1 is 1.47 bits per heavy atom. The smallest absolute Gasteiger partial charge is 0.128 e. The van der Waals surface area contributed by atoms with Crippen molar-refractivity contribution in [1.29, 1.82) is 0 Å². The number of hydrogen-bond acceptors (Lipinski definition) is 3. The zero-order chi connectivity index (χ0) is 12.5. The van der Waals surface area contributed by atoms with Crippen molar-refractivity contribution in [2.24, 2.45) is 11.7 Å². The maximum Gasteiger partial charge on any atom is 0.128 e. The van der Waals surface area contributed by atoms with Crippen molar-refractivity contribution in [2.45, 2.75) is 11.6 Å². The lowest BCUT2D eigenvalue weighted by atomic mass is 9.79. The van der Waals surface area contributed by atoms with Crippen LogP contribution in [0.3, 0.4) is 0 Å². The number of hydrogen-bond donors (Lipinski definition) is 2. The molecule has 17 heavy (non-hydrogen) atoms. The highest BCUT2D eigenvalue weighted by Crippen LogP contribution is 2.38. The fourth-order valence-corrected chi connectivity index (χ4v) is 2.35. The average Bonchev–Trinajstić information content (AvgIpc) is 2.67. The molecule has 1 aliphatic rings. The minimum Gasteiger partial charge on any atom is -0.396 e. The third-order valence-electron chi connectivity index (χ3n) is 3.37. The Hall–Kier alpha value is -1.04. The summed E-state index contributed by atoms with van der Waals surface area (Å²) < 4.78 is 31.6. The lowest BCUT2D eigenvalue weighted by Gasteiger charge is -2.30. The van der Waals surface area contributed by atoms with Gasteiger partial charge in [-0.15, -0.1) is 0 Å². The first kappa shape index (κ1) is 12.4. The van der Waals surface area contributed by atoms with Gasteiger partial charge in [0.25, 0.3) is 0 Å². The molecule has 94 valence electrons. The lowest BCUT2D eigenvalue weighted by molar-refractivity contribution is 0.0525. The van der Waals surface area contributed by atoms with Crippen LogP contribution in [-0.4, -0.2) is 31.1 Å². The predicted octanol–water partition coefficient (Wildman–Crippen LogP) is 0.957. The van der Waals surface area contributed by atoms with Gasteiger partial charge in [0.05, 0.1) is 24.9 Å². The van der Waals surface area contributed by atoms with Gasteiger partial charge in [-0.2, -0.15) is 0 Å². The van der Waals surface area contributed by atoms with E-state index >= 15 is 0 Å².